The number of nitrogens with one attached hydrogen (secondary N) is 3. The zero-order chi connectivity index (χ0) is 16.1. The summed E-state index contributed by atoms with van der Waals surface area (Å²) >= 11 is 0. The molecular formula is C18H24N4. The van der Waals surface area contributed by atoms with E-state index in [-0.39, 0.29) is 0 Å². The summed E-state index contributed by atoms with van der Waals surface area (Å²) in [7, 11) is 7.62. The molecule has 0 atom stereocenters. The number of hydrogen-bond acceptors (Lipinski definition) is 4. The topological polar surface area (TPSA) is 48.5 Å². The predicted octanol–water partition coefficient (Wildman–Crippen LogP) is 3.29. The van der Waals surface area contributed by atoms with Crippen LogP contribution >= 0.6 is 0 Å². The molecule has 0 fully saturated rings. The Labute approximate surface area is 132 Å². The maximum Gasteiger partial charge on any atom is 0.0666 e. The van der Waals surface area contributed by atoms with E-state index in [1.807, 2.05) is 28.2 Å². The Morgan fingerprint density at radius 1 is 1.00 bits per heavy atom. The molecule has 0 heterocycles. The van der Waals surface area contributed by atoms with Crippen molar-refractivity contribution in [1.29, 1.82) is 0 Å². The average molecular weight is 296 g/mol. The van der Waals surface area contributed by atoms with Crippen molar-refractivity contribution in [2.75, 3.05) is 38.8 Å². The normalized spacial score (nSPS) is 18.0. The molecule has 2 rings (SSSR count). The van der Waals surface area contributed by atoms with Gasteiger partial charge in [0.15, 0.2) is 0 Å². The summed E-state index contributed by atoms with van der Waals surface area (Å²) in [5, 5.41) is 9.60. The minimum atomic E-state index is 0.990. The number of aliphatic imine (C=N–C) groups is 1. The van der Waals surface area contributed by atoms with Gasteiger partial charge in [-0.25, -0.2) is 0 Å². The number of benzene rings is 1. The third-order valence-corrected chi connectivity index (χ3v) is 3.91. The molecular weight excluding hydrogens is 272 g/mol. The largest absolute Gasteiger partial charge is 0.388 e. The molecule has 1 aromatic rings. The minimum absolute atomic E-state index is 0.990. The van der Waals surface area contributed by atoms with Gasteiger partial charge in [0, 0.05) is 56.4 Å². The standard InChI is InChI=1S/C18H24N4/c1-12(15-8-6-13(19-2)10-17(15)21-4)16-9-7-14(20-3)11-18(16)22-5/h6-11,19-21H,1-5H3. The number of anilines is 2. The second kappa shape index (κ2) is 6.98. The molecule has 22 heavy (non-hydrogen) atoms. The van der Waals surface area contributed by atoms with Gasteiger partial charge in [0.05, 0.1) is 5.71 Å². The lowest BCUT2D eigenvalue weighted by Crippen LogP contribution is -2.12. The maximum atomic E-state index is 4.42. The monoisotopic (exact) mass is 296 g/mol. The molecule has 4 heteroatoms. The van der Waals surface area contributed by atoms with Crippen LogP contribution in [-0.2, 0) is 0 Å². The van der Waals surface area contributed by atoms with E-state index < -0.39 is 0 Å². The van der Waals surface area contributed by atoms with Gasteiger partial charge in [0.2, 0.25) is 0 Å². The third-order valence-electron chi connectivity index (χ3n) is 3.91. The molecule has 0 radical (unpaired) electrons. The van der Waals surface area contributed by atoms with E-state index in [1.165, 1.54) is 11.1 Å². The first-order valence-corrected chi connectivity index (χ1v) is 7.40. The Bertz CT molecular complexity index is 678. The van der Waals surface area contributed by atoms with Crippen LogP contribution in [0.4, 0.5) is 11.4 Å². The Morgan fingerprint density at radius 2 is 1.77 bits per heavy atom. The fraction of sp³-hybridized carbons (Fsp3) is 0.278. The Balaban J connectivity index is 2.53. The molecule has 0 saturated heterocycles. The van der Waals surface area contributed by atoms with Gasteiger partial charge in [-0.2, -0.15) is 0 Å². The van der Waals surface area contributed by atoms with Crippen LogP contribution in [0.2, 0.25) is 0 Å². The third kappa shape index (κ3) is 3.06. The summed E-state index contributed by atoms with van der Waals surface area (Å²) in [5.74, 6) is 0. The van der Waals surface area contributed by atoms with Crippen LogP contribution in [0.25, 0.3) is 5.57 Å². The Morgan fingerprint density at radius 3 is 2.36 bits per heavy atom. The highest BCUT2D eigenvalue weighted by atomic mass is 14.9. The van der Waals surface area contributed by atoms with E-state index in [0.717, 1.165) is 28.4 Å². The quantitative estimate of drug-likeness (QED) is 0.799. The smallest absolute Gasteiger partial charge is 0.0666 e. The fourth-order valence-corrected chi connectivity index (χ4v) is 2.57. The molecule has 0 saturated carbocycles. The predicted molar refractivity (Wildman–Crippen MR) is 97.8 cm³/mol. The number of rotatable bonds is 4. The Hall–Kier alpha value is -2.49. The van der Waals surface area contributed by atoms with Crippen molar-refractivity contribution in [2.24, 2.45) is 4.99 Å². The first kappa shape index (κ1) is 15.9. The van der Waals surface area contributed by atoms with Gasteiger partial charge < -0.3 is 16.0 Å². The van der Waals surface area contributed by atoms with Crippen molar-refractivity contribution in [3.8, 4) is 0 Å². The van der Waals surface area contributed by atoms with Gasteiger partial charge >= 0.3 is 0 Å². The van der Waals surface area contributed by atoms with Crippen LogP contribution < -0.4 is 16.0 Å². The molecule has 4 nitrogen and oxygen atoms in total. The van der Waals surface area contributed by atoms with E-state index in [9.17, 15) is 0 Å². The van der Waals surface area contributed by atoms with Crippen LogP contribution in [0.3, 0.4) is 0 Å². The van der Waals surface area contributed by atoms with Crippen LogP contribution in [0.15, 0.2) is 52.7 Å². The number of hydrogen-bond donors (Lipinski definition) is 3. The van der Waals surface area contributed by atoms with Crippen molar-refractivity contribution in [1.82, 2.24) is 5.32 Å². The molecule has 1 aromatic carbocycles. The van der Waals surface area contributed by atoms with Crippen molar-refractivity contribution < 1.29 is 0 Å². The highest BCUT2D eigenvalue weighted by Crippen LogP contribution is 2.31. The molecule has 0 aromatic heterocycles. The van der Waals surface area contributed by atoms with Crippen molar-refractivity contribution in [3.05, 3.63) is 53.3 Å². The fourth-order valence-electron chi connectivity index (χ4n) is 2.57. The molecule has 3 N–H and O–H groups in total. The first-order valence-electron chi connectivity index (χ1n) is 7.40. The molecule has 0 bridgehead atoms. The number of likely N-dealkylation sites (N-methyl/N-ethyl adjacent to an activating group) is 1. The van der Waals surface area contributed by atoms with Gasteiger partial charge in [-0.3, -0.25) is 4.99 Å². The van der Waals surface area contributed by atoms with Crippen LogP contribution in [0.1, 0.15) is 12.5 Å². The molecule has 0 amide bonds. The van der Waals surface area contributed by atoms with Crippen LogP contribution in [0, 0.1) is 0 Å². The van der Waals surface area contributed by atoms with Gasteiger partial charge in [0.25, 0.3) is 0 Å². The first-order chi connectivity index (χ1) is 10.6. The SMILES string of the molecule is CN=C1C=C(NC)C=CC1=C(C)c1ccc(NC)cc1NC. The molecule has 1 aliphatic rings. The van der Waals surface area contributed by atoms with E-state index >= 15 is 0 Å². The van der Waals surface area contributed by atoms with E-state index in [2.05, 4.69) is 64.3 Å². The van der Waals surface area contributed by atoms with Gasteiger partial charge in [-0.05, 0) is 36.8 Å². The molecule has 0 unspecified atom stereocenters. The highest BCUT2D eigenvalue weighted by Gasteiger charge is 2.14. The molecule has 116 valence electrons. The highest BCUT2D eigenvalue weighted by molar-refractivity contribution is 6.16. The lowest BCUT2D eigenvalue weighted by molar-refractivity contribution is 1.03. The summed E-state index contributed by atoms with van der Waals surface area (Å²) in [6.07, 6.45) is 6.27. The zero-order valence-electron chi connectivity index (χ0n) is 13.9. The van der Waals surface area contributed by atoms with E-state index in [0.29, 0.717) is 0 Å². The number of allylic oxidation sites excluding steroid dienone is 5. The lowest BCUT2D eigenvalue weighted by atomic mass is 9.93. The van der Waals surface area contributed by atoms with Crippen LogP contribution in [0.5, 0.6) is 0 Å². The lowest BCUT2D eigenvalue weighted by Gasteiger charge is -2.17. The van der Waals surface area contributed by atoms with E-state index in [1.54, 1.807) is 0 Å². The second-order valence-electron chi connectivity index (χ2n) is 5.09. The van der Waals surface area contributed by atoms with Gasteiger partial charge in [-0.1, -0.05) is 12.1 Å². The average Bonchev–Trinajstić information content (AvgIpc) is 2.59. The minimum Gasteiger partial charge on any atom is -0.388 e. The summed E-state index contributed by atoms with van der Waals surface area (Å²) in [5.41, 5.74) is 7.78. The number of nitrogens with zero attached hydrogens (tertiary/aromatic N) is 1. The summed E-state index contributed by atoms with van der Waals surface area (Å²) in [4.78, 5) is 4.42. The summed E-state index contributed by atoms with van der Waals surface area (Å²) < 4.78 is 0. The summed E-state index contributed by atoms with van der Waals surface area (Å²) in [6, 6.07) is 6.34. The van der Waals surface area contributed by atoms with Crippen molar-refractivity contribution in [2.45, 2.75) is 6.92 Å². The molecule has 0 spiro atoms. The molecule has 0 aliphatic heterocycles. The summed E-state index contributed by atoms with van der Waals surface area (Å²) in [6.45, 7) is 2.14. The zero-order valence-corrected chi connectivity index (χ0v) is 13.9. The van der Waals surface area contributed by atoms with Crippen molar-refractivity contribution in [3.63, 3.8) is 0 Å². The van der Waals surface area contributed by atoms with Crippen LogP contribution in [-0.4, -0.2) is 33.9 Å². The van der Waals surface area contributed by atoms with Crippen molar-refractivity contribution >= 4 is 22.7 Å². The maximum absolute atomic E-state index is 4.42. The van der Waals surface area contributed by atoms with Gasteiger partial charge in [-0.15, -0.1) is 0 Å². The Kier molecular flexibility index (Phi) is 5.04. The second-order valence-corrected chi connectivity index (χ2v) is 5.09. The van der Waals surface area contributed by atoms with Gasteiger partial charge in [0.1, 0.15) is 0 Å². The molecule has 1 aliphatic carbocycles. The van der Waals surface area contributed by atoms with E-state index in [4.69, 9.17) is 0 Å².